The second-order valence-corrected chi connectivity index (χ2v) is 4.97. The summed E-state index contributed by atoms with van der Waals surface area (Å²) in [5.41, 5.74) is 5.39. The van der Waals surface area contributed by atoms with E-state index in [0.717, 1.165) is 19.3 Å². The predicted octanol–water partition coefficient (Wildman–Crippen LogP) is 2.71. The lowest BCUT2D eigenvalue weighted by Crippen LogP contribution is -2.13. The van der Waals surface area contributed by atoms with Crippen molar-refractivity contribution in [1.82, 2.24) is 0 Å². The molecule has 1 nitrogen and oxygen atoms in total. The van der Waals surface area contributed by atoms with Crippen LogP contribution in [0.5, 0.6) is 0 Å². The van der Waals surface area contributed by atoms with Crippen LogP contribution in [0.3, 0.4) is 0 Å². The number of aryl methyl sites for hydroxylation is 2. The normalized spacial score (nSPS) is 20.8. The lowest BCUT2D eigenvalue weighted by molar-refractivity contribution is -0.119. The highest BCUT2D eigenvalue weighted by atomic mass is 16.1. The fourth-order valence-electron chi connectivity index (χ4n) is 2.95. The highest BCUT2D eigenvalue weighted by Gasteiger charge is 2.55. The molecule has 0 amide bonds. The number of fused-ring (bicyclic) bond motifs is 2. The minimum atomic E-state index is -0.0209. The average Bonchev–Trinajstić information content (AvgIpc) is 2.94. The molecule has 0 N–H and O–H groups in total. The molecule has 15 heavy (non-hydrogen) atoms. The molecular formula is C14H16O. The van der Waals surface area contributed by atoms with Crippen LogP contribution in [0.25, 0.3) is 0 Å². The van der Waals surface area contributed by atoms with E-state index in [9.17, 15) is 4.79 Å². The van der Waals surface area contributed by atoms with Crippen molar-refractivity contribution in [1.29, 1.82) is 0 Å². The number of carbonyl (C=O) groups excluding carboxylic acids is 1. The van der Waals surface area contributed by atoms with Crippen LogP contribution in [0.1, 0.15) is 42.0 Å². The molecule has 1 heteroatoms. The zero-order valence-electron chi connectivity index (χ0n) is 9.39. The molecule has 78 valence electrons. The van der Waals surface area contributed by atoms with Crippen LogP contribution in [-0.4, -0.2) is 5.78 Å². The van der Waals surface area contributed by atoms with Gasteiger partial charge in [0.1, 0.15) is 5.78 Å². The molecular weight excluding hydrogens is 184 g/mol. The van der Waals surface area contributed by atoms with Crippen molar-refractivity contribution in [2.24, 2.45) is 0 Å². The van der Waals surface area contributed by atoms with Crippen molar-refractivity contribution < 1.29 is 4.79 Å². The first-order chi connectivity index (χ1) is 7.17. The van der Waals surface area contributed by atoms with Gasteiger partial charge >= 0.3 is 0 Å². The summed E-state index contributed by atoms with van der Waals surface area (Å²) in [5.74, 6) is 0.463. The van der Waals surface area contributed by atoms with Crippen molar-refractivity contribution in [3.63, 3.8) is 0 Å². The maximum atomic E-state index is 11.9. The molecule has 0 heterocycles. The summed E-state index contributed by atoms with van der Waals surface area (Å²) in [7, 11) is 0. The molecule has 2 aliphatic carbocycles. The first-order valence-corrected chi connectivity index (χ1v) is 5.83. The summed E-state index contributed by atoms with van der Waals surface area (Å²) in [6.45, 7) is 4.34. The molecule has 1 saturated carbocycles. The summed E-state index contributed by atoms with van der Waals surface area (Å²) in [6.07, 6.45) is 3.93. The topological polar surface area (TPSA) is 17.1 Å². The Morgan fingerprint density at radius 2 is 2.07 bits per heavy atom. The number of benzene rings is 1. The van der Waals surface area contributed by atoms with Gasteiger partial charge in [-0.3, -0.25) is 4.79 Å². The van der Waals surface area contributed by atoms with Gasteiger partial charge in [0.05, 0.1) is 5.41 Å². The van der Waals surface area contributed by atoms with E-state index in [2.05, 4.69) is 26.0 Å². The molecule has 1 aromatic rings. The maximum Gasteiger partial charge on any atom is 0.147 e. The summed E-state index contributed by atoms with van der Waals surface area (Å²) >= 11 is 0. The molecule has 2 aliphatic rings. The molecule has 0 aromatic heterocycles. The van der Waals surface area contributed by atoms with Crippen molar-refractivity contribution in [3.8, 4) is 0 Å². The molecule has 0 atom stereocenters. The van der Waals surface area contributed by atoms with Crippen LogP contribution < -0.4 is 0 Å². The Balaban J connectivity index is 2.20. The molecule has 0 bridgehead atoms. The fraction of sp³-hybridized carbons (Fsp3) is 0.500. The standard InChI is InChI=1S/C14H16O/c1-3-10-7-12-11(6-9(10)2)8-13(15)14(12)4-5-14/h6-7H,3-5,8H2,1-2H3. The average molecular weight is 200 g/mol. The van der Waals surface area contributed by atoms with Gasteiger partial charge in [-0.15, -0.1) is 0 Å². The van der Waals surface area contributed by atoms with E-state index in [0.29, 0.717) is 12.2 Å². The van der Waals surface area contributed by atoms with Gasteiger partial charge in [-0.05, 0) is 48.4 Å². The first-order valence-electron chi connectivity index (χ1n) is 5.83. The summed E-state index contributed by atoms with van der Waals surface area (Å²) < 4.78 is 0. The van der Waals surface area contributed by atoms with E-state index in [4.69, 9.17) is 0 Å². The first kappa shape index (κ1) is 9.14. The second-order valence-electron chi connectivity index (χ2n) is 4.97. The zero-order valence-corrected chi connectivity index (χ0v) is 9.39. The fourth-order valence-corrected chi connectivity index (χ4v) is 2.95. The largest absolute Gasteiger partial charge is 0.298 e. The number of hydrogen-bond donors (Lipinski definition) is 0. The smallest absolute Gasteiger partial charge is 0.147 e. The van der Waals surface area contributed by atoms with E-state index < -0.39 is 0 Å². The quantitative estimate of drug-likeness (QED) is 0.681. The SMILES string of the molecule is CCc1cc2c(cc1C)CC(=O)C21CC1. The Hall–Kier alpha value is -1.11. The number of rotatable bonds is 1. The predicted molar refractivity (Wildman–Crippen MR) is 60.2 cm³/mol. The zero-order chi connectivity index (χ0) is 10.6. The van der Waals surface area contributed by atoms with Crippen molar-refractivity contribution in [3.05, 3.63) is 34.4 Å². The van der Waals surface area contributed by atoms with Crippen LogP contribution in [0.15, 0.2) is 12.1 Å². The van der Waals surface area contributed by atoms with Gasteiger partial charge < -0.3 is 0 Å². The Kier molecular flexibility index (Phi) is 1.66. The van der Waals surface area contributed by atoms with Crippen LogP contribution in [0, 0.1) is 6.92 Å². The maximum absolute atomic E-state index is 11.9. The highest BCUT2D eigenvalue weighted by Crippen LogP contribution is 2.54. The number of hydrogen-bond acceptors (Lipinski definition) is 1. The molecule has 0 radical (unpaired) electrons. The summed E-state index contributed by atoms with van der Waals surface area (Å²) in [4.78, 5) is 11.9. The summed E-state index contributed by atoms with van der Waals surface area (Å²) in [5, 5.41) is 0. The van der Waals surface area contributed by atoms with E-state index in [1.165, 1.54) is 22.3 Å². The van der Waals surface area contributed by atoms with Crippen molar-refractivity contribution in [2.75, 3.05) is 0 Å². The second kappa shape index (κ2) is 2.72. The Bertz CT molecular complexity index is 453. The van der Waals surface area contributed by atoms with E-state index in [1.807, 2.05) is 0 Å². The lowest BCUT2D eigenvalue weighted by atomic mass is 9.93. The molecule has 1 fully saturated rings. The molecule has 0 saturated heterocycles. The number of ketones is 1. The Morgan fingerprint density at radius 3 is 2.67 bits per heavy atom. The van der Waals surface area contributed by atoms with Crippen LogP contribution in [-0.2, 0) is 23.1 Å². The third-order valence-electron chi connectivity index (χ3n) is 4.09. The Morgan fingerprint density at radius 1 is 1.33 bits per heavy atom. The van der Waals surface area contributed by atoms with Crippen LogP contribution >= 0.6 is 0 Å². The van der Waals surface area contributed by atoms with Crippen molar-refractivity contribution >= 4 is 5.78 Å². The minimum Gasteiger partial charge on any atom is -0.298 e. The van der Waals surface area contributed by atoms with E-state index in [-0.39, 0.29) is 5.41 Å². The van der Waals surface area contributed by atoms with Gasteiger partial charge in [0.25, 0.3) is 0 Å². The molecule has 1 spiro atoms. The Labute approximate surface area is 90.5 Å². The lowest BCUT2D eigenvalue weighted by Gasteiger charge is -2.10. The van der Waals surface area contributed by atoms with Gasteiger partial charge in [0.15, 0.2) is 0 Å². The van der Waals surface area contributed by atoms with Gasteiger partial charge in [0, 0.05) is 6.42 Å². The van der Waals surface area contributed by atoms with Crippen LogP contribution in [0.2, 0.25) is 0 Å². The number of Topliss-reactive ketones (excluding diaryl/α,β-unsaturated/α-hetero) is 1. The molecule has 3 rings (SSSR count). The number of carbonyl (C=O) groups is 1. The van der Waals surface area contributed by atoms with Gasteiger partial charge in [-0.25, -0.2) is 0 Å². The minimum absolute atomic E-state index is 0.0209. The van der Waals surface area contributed by atoms with Gasteiger partial charge in [-0.1, -0.05) is 19.1 Å². The monoisotopic (exact) mass is 200 g/mol. The highest BCUT2D eigenvalue weighted by molar-refractivity contribution is 5.99. The third kappa shape index (κ3) is 1.06. The van der Waals surface area contributed by atoms with Crippen molar-refractivity contribution in [2.45, 2.75) is 44.9 Å². The van der Waals surface area contributed by atoms with Gasteiger partial charge in [-0.2, -0.15) is 0 Å². The van der Waals surface area contributed by atoms with Gasteiger partial charge in [0.2, 0.25) is 0 Å². The van der Waals surface area contributed by atoms with Crippen LogP contribution in [0.4, 0.5) is 0 Å². The van der Waals surface area contributed by atoms with E-state index in [1.54, 1.807) is 0 Å². The van der Waals surface area contributed by atoms with E-state index >= 15 is 0 Å². The summed E-state index contributed by atoms with van der Waals surface area (Å²) in [6, 6.07) is 4.53. The molecule has 1 aromatic carbocycles. The third-order valence-corrected chi connectivity index (χ3v) is 4.09. The molecule has 0 aliphatic heterocycles. The molecule has 0 unspecified atom stereocenters.